The van der Waals surface area contributed by atoms with E-state index in [1.807, 2.05) is 56.5 Å². The molecule has 1 fully saturated rings. The van der Waals surface area contributed by atoms with Crippen LogP contribution in [0.1, 0.15) is 46.8 Å². The number of nitrogens with one attached hydrogen (secondary N) is 1. The van der Waals surface area contributed by atoms with Gasteiger partial charge >= 0.3 is 5.97 Å². The smallest absolute Gasteiger partial charge is 0.347 e. The van der Waals surface area contributed by atoms with Crippen LogP contribution in [0.3, 0.4) is 0 Å². The molecule has 5 nitrogen and oxygen atoms in total. The van der Waals surface area contributed by atoms with Crippen LogP contribution in [-0.2, 0) is 4.79 Å². The molecule has 6 heteroatoms. The minimum atomic E-state index is -1.31. The van der Waals surface area contributed by atoms with Gasteiger partial charge in [0.1, 0.15) is 5.75 Å². The summed E-state index contributed by atoms with van der Waals surface area (Å²) in [6.07, 6.45) is 2.02. The molecule has 2 N–H and O–H groups in total. The van der Waals surface area contributed by atoms with Crippen molar-refractivity contribution in [3.63, 3.8) is 0 Å². The van der Waals surface area contributed by atoms with Crippen molar-refractivity contribution in [2.24, 2.45) is 5.92 Å². The van der Waals surface area contributed by atoms with Crippen molar-refractivity contribution in [2.75, 3.05) is 19.3 Å². The molecule has 0 bridgehead atoms. The number of carbonyl (C=O) groups excluding carboxylic acids is 1. The van der Waals surface area contributed by atoms with E-state index in [9.17, 15) is 14.7 Å². The number of hydrogen-bond donors (Lipinski definition) is 2. The summed E-state index contributed by atoms with van der Waals surface area (Å²) in [6.45, 7) is 8.31. The lowest BCUT2D eigenvalue weighted by molar-refractivity contribution is -0.152. The number of ether oxygens (including phenoxy) is 1. The number of carboxylic acid groups (broad SMARTS) is 1. The first kappa shape index (κ1) is 22.4. The van der Waals surface area contributed by atoms with Gasteiger partial charge in [-0.25, -0.2) is 4.79 Å². The molecule has 2 unspecified atom stereocenters. The number of carbonyl (C=O) groups is 2. The van der Waals surface area contributed by atoms with E-state index in [1.165, 1.54) is 0 Å². The van der Waals surface area contributed by atoms with Gasteiger partial charge in [-0.05, 0) is 62.8 Å². The summed E-state index contributed by atoms with van der Waals surface area (Å²) in [7, 11) is 0. The van der Waals surface area contributed by atoms with Crippen molar-refractivity contribution in [3.05, 3.63) is 58.7 Å². The zero-order valence-corrected chi connectivity index (χ0v) is 18.9. The molecule has 0 spiro atoms. The summed E-state index contributed by atoms with van der Waals surface area (Å²) < 4.78 is 5.82. The molecule has 0 aliphatic carbocycles. The zero-order valence-electron chi connectivity index (χ0n) is 18.1. The number of aliphatic carboxylic acids is 1. The third-order valence-electron chi connectivity index (χ3n) is 5.71. The van der Waals surface area contributed by atoms with Crippen molar-refractivity contribution in [2.45, 2.75) is 44.1 Å². The molecule has 2 atom stereocenters. The zero-order chi connectivity index (χ0) is 22.1. The highest BCUT2D eigenvalue weighted by Crippen LogP contribution is 2.36. The van der Waals surface area contributed by atoms with Crippen molar-refractivity contribution in [1.29, 1.82) is 0 Å². The van der Waals surface area contributed by atoms with Crippen LogP contribution in [0.25, 0.3) is 0 Å². The van der Waals surface area contributed by atoms with Gasteiger partial charge in [0.2, 0.25) is 0 Å². The fourth-order valence-corrected chi connectivity index (χ4v) is 4.34. The van der Waals surface area contributed by atoms with E-state index in [0.29, 0.717) is 12.3 Å². The van der Waals surface area contributed by atoms with Crippen molar-refractivity contribution < 1.29 is 19.4 Å². The van der Waals surface area contributed by atoms with Crippen molar-refractivity contribution >= 4 is 23.5 Å². The molecule has 0 amide bonds. The minimum absolute atomic E-state index is 0.0664. The predicted molar refractivity (Wildman–Crippen MR) is 120 cm³/mol. The molecule has 3 rings (SSSR count). The average molecular weight is 428 g/mol. The second-order valence-electron chi connectivity index (χ2n) is 8.37. The van der Waals surface area contributed by atoms with Crippen LogP contribution in [-0.4, -0.2) is 41.8 Å². The average Bonchev–Trinajstić information content (AvgIpc) is 3.20. The van der Waals surface area contributed by atoms with E-state index in [4.69, 9.17) is 4.74 Å². The molecule has 2 aromatic rings. The summed E-state index contributed by atoms with van der Waals surface area (Å²) in [5.41, 5.74) is 2.26. The minimum Gasteiger partial charge on any atom is -0.478 e. The maximum atomic E-state index is 13.2. The summed E-state index contributed by atoms with van der Waals surface area (Å²) in [6, 6.07) is 11.8. The van der Waals surface area contributed by atoms with E-state index < -0.39 is 11.6 Å². The summed E-state index contributed by atoms with van der Waals surface area (Å²) in [4.78, 5) is 25.8. The lowest BCUT2D eigenvalue weighted by Crippen LogP contribution is -2.38. The van der Waals surface area contributed by atoms with Crippen LogP contribution >= 0.6 is 11.8 Å². The first-order valence-electron chi connectivity index (χ1n) is 10.1. The fraction of sp³-hybridized carbons (Fsp3) is 0.417. The highest BCUT2D eigenvalue weighted by Gasteiger charge is 2.35. The maximum Gasteiger partial charge on any atom is 0.347 e. The first-order valence-corrected chi connectivity index (χ1v) is 11.3. The Morgan fingerprint density at radius 2 is 1.70 bits per heavy atom. The number of Topliss-reactive ketones (excluding diaryl/α,β-unsaturated/α-hetero) is 1. The number of aryl methyl sites for hydroxylation is 2. The van der Waals surface area contributed by atoms with E-state index in [0.717, 1.165) is 33.7 Å². The highest BCUT2D eigenvalue weighted by molar-refractivity contribution is 7.98. The quantitative estimate of drug-likeness (QED) is 0.502. The first-order chi connectivity index (χ1) is 14.1. The monoisotopic (exact) mass is 427 g/mol. The number of thioether (sulfide) groups is 1. The molecule has 160 valence electrons. The normalized spacial score (nSPS) is 19.0. The largest absolute Gasteiger partial charge is 0.478 e. The van der Waals surface area contributed by atoms with Gasteiger partial charge in [0, 0.05) is 35.4 Å². The van der Waals surface area contributed by atoms with Crippen LogP contribution in [0.4, 0.5) is 0 Å². The molecule has 0 aromatic heterocycles. The Labute approximate surface area is 182 Å². The summed E-state index contributed by atoms with van der Waals surface area (Å²) >= 11 is 1.66. The van der Waals surface area contributed by atoms with Gasteiger partial charge in [-0.2, -0.15) is 0 Å². The van der Waals surface area contributed by atoms with Crippen molar-refractivity contribution in [1.82, 2.24) is 5.32 Å². The molecule has 2 aromatic carbocycles. The number of rotatable bonds is 7. The molecule has 0 saturated carbocycles. The lowest BCUT2D eigenvalue weighted by atomic mass is 9.82. The van der Waals surface area contributed by atoms with E-state index in [2.05, 4.69) is 5.32 Å². The fourth-order valence-electron chi connectivity index (χ4n) is 3.93. The Balaban J connectivity index is 1.87. The number of carboxylic acids is 1. The Kier molecular flexibility index (Phi) is 6.58. The predicted octanol–water partition coefficient (Wildman–Crippen LogP) is 4.45. The third kappa shape index (κ3) is 4.55. The molecule has 1 heterocycles. The van der Waals surface area contributed by atoms with E-state index in [1.54, 1.807) is 25.6 Å². The van der Waals surface area contributed by atoms with Gasteiger partial charge in [-0.15, -0.1) is 11.8 Å². The van der Waals surface area contributed by atoms with Crippen LogP contribution in [0.5, 0.6) is 5.75 Å². The highest BCUT2D eigenvalue weighted by atomic mass is 32.2. The topological polar surface area (TPSA) is 75.6 Å². The third-order valence-corrected chi connectivity index (χ3v) is 6.45. The van der Waals surface area contributed by atoms with Crippen LogP contribution in [0.15, 0.2) is 41.3 Å². The number of ketones is 1. The number of benzene rings is 2. The van der Waals surface area contributed by atoms with Gasteiger partial charge in [0.15, 0.2) is 11.4 Å². The Morgan fingerprint density at radius 3 is 2.23 bits per heavy atom. The van der Waals surface area contributed by atoms with Gasteiger partial charge < -0.3 is 15.2 Å². The standard InChI is InChI=1S/C24H29NO4S/c1-14-10-17(11-15(2)22(14)29-24(3,4)23(27)28)19-12-25-13-20(19)21(26)16-6-8-18(30-5)9-7-16/h6-11,19-20,25H,12-13H2,1-5H3,(H,27,28). The second-order valence-corrected chi connectivity index (χ2v) is 9.24. The van der Waals surface area contributed by atoms with E-state index >= 15 is 0 Å². The summed E-state index contributed by atoms with van der Waals surface area (Å²) in [5.74, 6) is -0.334. The Morgan fingerprint density at radius 1 is 1.10 bits per heavy atom. The van der Waals surface area contributed by atoms with Gasteiger partial charge in [-0.1, -0.05) is 24.3 Å². The SMILES string of the molecule is CSc1ccc(C(=O)C2CNCC2c2cc(C)c(OC(C)(C)C(=O)O)c(C)c2)cc1. The Bertz CT molecular complexity index is 929. The number of hydrogen-bond acceptors (Lipinski definition) is 5. The van der Waals surface area contributed by atoms with Gasteiger partial charge in [0.05, 0.1) is 0 Å². The molecular formula is C24H29NO4S. The molecule has 1 saturated heterocycles. The maximum absolute atomic E-state index is 13.2. The van der Waals surface area contributed by atoms with Gasteiger partial charge in [-0.3, -0.25) is 4.79 Å². The summed E-state index contributed by atoms with van der Waals surface area (Å²) in [5, 5.41) is 12.7. The van der Waals surface area contributed by atoms with Crippen LogP contribution in [0.2, 0.25) is 0 Å². The van der Waals surface area contributed by atoms with Crippen LogP contribution in [0, 0.1) is 19.8 Å². The molecular weight excluding hydrogens is 398 g/mol. The Hall–Kier alpha value is -2.31. The molecule has 0 radical (unpaired) electrons. The van der Waals surface area contributed by atoms with Crippen molar-refractivity contribution in [3.8, 4) is 5.75 Å². The lowest BCUT2D eigenvalue weighted by Gasteiger charge is -2.26. The molecule has 30 heavy (non-hydrogen) atoms. The van der Waals surface area contributed by atoms with Gasteiger partial charge in [0.25, 0.3) is 0 Å². The molecule has 1 aliphatic rings. The van der Waals surface area contributed by atoms with E-state index in [-0.39, 0.29) is 17.6 Å². The second kappa shape index (κ2) is 8.82. The van der Waals surface area contributed by atoms with Crippen LogP contribution < -0.4 is 10.1 Å². The molecule has 1 aliphatic heterocycles.